The van der Waals surface area contributed by atoms with E-state index in [1.54, 1.807) is 11.8 Å². The van der Waals surface area contributed by atoms with Crippen LogP contribution >= 0.6 is 11.8 Å². The lowest BCUT2D eigenvalue weighted by Gasteiger charge is -2.06. The third-order valence-corrected chi connectivity index (χ3v) is 3.54. The molecule has 0 bridgehead atoms. The molecule has 0 spiro atoms. The summed E-state index contributed by atoms with van der Waals surface area (Å²) in [6.45, 7) is 2.82. The maximum atomic E-state index is 11.1. The zero-order valence-electron chi connectivity index (χ0n) is 10.7. The van der Waals surface area contributed by atoms with Crippen molar-refractivity contribution in [3.8, 4) is 0 Å². The average molecular weight is 276 g/mol. The van der Waals surface area contributed by atoms with E-state index < -0.39 is 0 Å². The van der Waals surface area contributed by atoms with Crippen molar-refractivity contribution in [2.75, 3.05) is 17.6 Å². The molecule has 2 heterocycles. The molecule has 0 saturated heterocycles. The number of hydrogen-bond acceptors (Lipinski definition) is 5. The van der Waals surface area contributed by atoms with E-state index in [4.69, 9.17) is 0 Å². The lowest BCUT2D eigenvalue weighted by Crippen LogP contribution is -2.13. The molecule has 0 aliphatic heterocycles. The summed E-state index contributed by atoms with van der Waals surface area (Å²) in [6, 6.07) is 5.41. The van der Waals surface area contributed by atoms with Crippen molar-refractivity contribution in [2.45, 2.75) is 12.7 Å². The monoisotopic (exact) mass is 276 g/mol. The first-order chi connectivity index (χ1) is 9.25. The van der Waals surface area contributed by atoms with Crippen molar-refractivity contribution in [1.29, 1.82) is 0 Å². The predicted molar refractivity (Wildman–Crippen MR) is 78.5 cm³/mol. The van der Waals surface area contributed by atoms with Gasteiger partial charge in [0.15, 0.2) is 0 Å². The molecule has 2 aromatic rings. The first kappa shape index (κ1) is 13.6. The highest BCUT2D eigenvalue weighted by Gasteiger charge is 1.99. The van der Waals surface area contributed by atoms with Crippen LogP contribution in [-0.2, 0) is 5.75 Å². The molecule has 2 aromatic heterocycles. The smallest absolute Gasteiger partial charge is 0.252 e. The van der Waals surface area contributed by atoms with Crippen molar-refractivity contribution in [1.82, 2.24) is 15.0 Å². The Morgan fingerprint density at radius 2 is 2.21 bits per heavy atom. The topological polar surface area (TPSA) is 70.7 Å². The minimum Gasteiger partial charge on any atom is -0.355 e. The lowest BCUT2D eigenvalue weighted by molar-refractivity contribution is 1.06. The van der Waals surface area contributed by atoms with E-state index in [2.05, 4.69) is 33.3 Å². The van der Waals surface area contributed by atoms with Gasteiger partial charge < -0.3 is 5.32 Å². The van der Waals surface area contributed by atoms with Crippen LogP contribution in [0.5, 0.6) is 0 Å². The van der Waals surface area contributed by atoms with Crippen molar-refractivity contribution in [2.24, 2.45) is 0 Å². The van der Waals surface area contributed by atoms with Gasteiger partial charge >= 0.3 is 0 Å². The molecule has 5 nitrogen and oxygen atoms in total. The van der Waals surface area contributed by atoms with Crippen LogP contribution in [0.25, 0.3) is 0 Å². The van der Waals surface area contributed by atoms with Gasteiger partial charge in [-0.1, -0.05) is 6.07 Å². The molecule has 2 rings (SSSR count). The zero-order valence-corrected chi connectivity index (χ0v) is 11.5. The van der Waals surface area contributed by atoms with E-state index in [0.29, 0.717) is 5.95 Å². The van der Waals surface area contributed by atoms with Gasteiger partial charge in [0.2, 0.25) is 5.95 Å². The minimum atomic E-state index is -0.144. The van der Waals surface area contributed by atoms with E-state index in [9.17, 15) is 4.79 Å². The SMILES string of the molecule is Cc1cccnc1CSCCNc1nccc(=O)[nH]1. The van der Waals surface area contributed by atoms with Crippen molar-refractivity contribution in [3.05, 3.63) is 52.2 Å². The Balaban J connectivity index is 1.70. The molecule has 0 saturated carbocycles. The number of pyridine rings is 1. The third kappa shape index (κ3) is 4.40. The Kier molecular flexibility index (Phi) is 4.97. The summed E-state index contributed by atoms with van der Waals surface area (Å²) < 4.78 is 0. The second-order valence-corrected chi connectivity index (χ2v) is 5.13. The fourth-order valence-corrected chi connectivity index (χ4v) is 2.43. The van der Waals surface area contributed by atoms with Crippen molar-refractivity contribution < 1.29 is 0 Å². The molecule has 0 unspecified atom stereocenters. The number of thioether (sulfide) groups is 1. The van der Waals surface area contributed by atoms with Crippen LogP contribution in [0.2, 0.25) is 0 Å². The number of aromatic nitrogens is 3. The van der Waals surface area contributed by atoms with Crippen LogP contribution in [0.3, 0.4) is 0 Å². The molecular weight excluding hydrogens is 260 g/mol. The van der Waals surface area contributed by atoms with Crippen molar-refractivity contribution in [3.63, 3.8) is 0 Å². The van der Waals surface area contributed by atoms with Gasteiger partial charge in [0.05, 0.1) is 5.69 Å². The first-order valence-corrected chi connectivity index (χ1v) is 7.18. The maximum absolute atomic E-state index is 11.1. The van der Waals surface area contributed by atoms with Gasteiger partial charge in [0.25, 0.3) is 5.56 Å². The number of nitrogens with one attached hydrogen (secondary N) is 2. The van der Waals surface area contributed by atoms with Crippen LogP contribution in [0.4, 0.5) is 5.95 Å². The Labute approximate surface area is 115 Å². The van der Waals surface area contributed by atoms with Crippen LogP contribution in [-0.4, -0.2) is 27.2 Å². The highest BCUT2D eigenvalue weighted by atomic mass is 32.2. The summed E-state index contributed by atoms with van der Waals surface area (Å²) in [7, 11) is 0. The zero-order chi connectivity index (χ0) is 13.5. The number of rotatable bonds is 6. The lowest BCUT2D eigenvalue weighted by atomic mass is 10.2. The van der Waals surface area contributed by atoms with Gasteiger partial charge in [-0.3, -0.25) is 14.8 Å². The predicted octanol–water partition coefficient (Wildman–Crippen LogP) is 1.82. The molecule has 2 N–H and O–H groups in total. The van der Waals surface area contributed by atoms with Gasteiger partial charge in [-0.05, 0) is 18.6 Å². The quantitative estimate of drug-likeness (QED) is 0.788. The first-order valence-electron chi connectivity index (χ1n) is 6.03. The number of hydrogen-bond donors (Lipinski definition) is 2. The molecule has 100 valence electrons. The van der Waals surface area contributed by atoms with Gasteiger partial charge in [-0.15, -0.1) is 0 Å². The summed E-state index contributed by atoms with van der Waals surface area (Å²) >= 11 is 1.80. The summed E-state index contributed by atoms with van der Waals surface area (Å²) in [5.41, 5.74) is 2.20. The molecule has 0 aliphatic carbocycles. The fourth-order valence-electron chi connectivity index (χ4n) is 1.54. The molecule has 0 fully saturated rings. The Hall–Kier alpha value is -1.82. The van der Waals surface area contributed by atoms with E-state index in [0.717, 1.165) is 23.7 Å². The minimum absolute atomic E-state index is 0.144. The van der Waals surface area contributed by atoms with Gasteiger partial charge in [-0.25, -0.2) is 4.98 Å². The second kappa shape index (κ2) is 6.94. The molecule has 0 atom stereocenters. The van der Waals surface area contributed by atoms with Gasteiger partial charge in [-0.2, -0.15) is 11.8 Å². The number of aromatic amines is 1. The Morgan fingerprint density at radius 1 is 1.32 bits per heavy atom. The van der Waals surface area contributed by atoms with Gasteiger partial charge in [0.1, 0.15) is 0 Å². The molecule has 0 amide bonds. The summed E-state index contributed by atoms with van der Waals surface area (Å²) in [5.74, 6) is 2.34. The number of H-pyrrole nitrogens is 1. The van der Waals surface area contributed by atoms with Crippen LogP contribution in [0.15, 0.2) is 35.4 Å². The molecular formula is C13H16N4OS. The van der Waals surface area contributed by atoms with E-state index in [1.807, 2.05) is 12.3 Å². The average Bonchev–Trinajstić information content (AvgIpc) is 2.40. The highest BCUT2D eigenvalue weighted by molar-refractivity contribution is 7.98. The van der Waals surface area contributed by atoms with E-state index in [1.165, 1.54) is 17.8 Å². The van der Waals surface area contributed by atoms with Crippen molar-refractivity contribution >= 4 is 17.7 Å². The van der Waals surface area contributed by atoms with Crippen LogP contribution < -0.4 is 10.9 Å². The number of nitrogens with zero attached hydrogens (tertiary/aromatic N) is 2. The van der Waals surface area contributed by atoms with Crippen LogP contribution in [0.1, 0.15) is 11.3 Å². The summed E-state index contributed by atoms with van der Waals surface area (Å²) in [6.07, 6.45) is 3.31. The normalized spacial score (nSPS) is 10.4. The largest absolute Gasteiger partial charge is 0.355 e. The van der Waals surface area contributed by atoms with E-state index >= 15 is 0 Å². The molecule has 0 radical (unpaired) electrons. The molecule has 6 heteroatoms. The Morgan fingerprint density at radius 3 is 3.00 bits per heavy atom. The summed E-state index contributed by atoms with van der Waals surface area (Å²) in [4.78, 5) is 22.0. The van der Waals surface area contributed by atoms with Gasteiger partial charge in [0, 0.05) is 36.5 Å². The second-order valence-electron chi connectivity index (χ2n) is 4.03. The molecule has 0 aromatic carbocycles. The Bertz CT molecular complexity index is 585. The summed E-state index contributed by atoms with van der Waals surface area (Å²) in [5, 5.41) is 3.08. The van der Waals surface area contributed by atoms with Crippen LogP contribution in [0, 0.1) is 6.92 Å². The maximum Gasteiger partial charge on any atom is 0.252 e. The third-order valence-electron chi connectivity index (χ3n) is 2.57. The molecule has 19 heavy (non-hydrogen) atoms. The molecule has 0 aliphatic rings. The van der Waals surface area contributed by atoms with E-state index in [-0.39, 0.29) is 5.56 Å². The highest BCUT2D eigenvalue weighted by Crippen LogP contribution is 2.12. The fraction of sp³-hybridized carbons (Fsp3) is 0.308. The standard InChI is InChI=1S/C13H16N4OS/c1-10-3-2-5-14-11(10)9-19-8-7-16-13-15-6-4-12(18)17-13/h2-6H,7-9H2,1H3,(H2,15,16,17,18). The number of anilines is 1. The number of aryl methyl sites for hydroxylation is 1.